The highest BCUT2D eigenvalue weighted by molar-refractivity contribution is 7.89. The van der Waals surface area contributed by atoms with Gasteiger partial charge in [-0.25, -0.2) is 13.1 Å². The quantitative estimate of drug-likeness (QED) is 0.687. The smallest absolute Gasteiger partial charge is 0.211 e. The van der Waals surface area contributed by atoms with Crippen LogP contribution in [0.25, 0.3) is 0 Å². The molecular formula is C8H18N2O2S. The lowest BCUT2D eigenvalue weighted by Crippen LogP contribution is -2.52. The van der Waals surface area contributed by atoms with E-state index >= 15 is 0 Å². The van der Waals surface area contributed by atoms with E-state index in [0.29, 0.717) is 0 Å². The summed E-state index contributed by atoms with van der Waals surface area (Å²) in [5, 5.41) is 3.21. The lowest BCUT2D eigenvalue weighted by Gasteiger charge is -2.34. The molecule has 1 heterocycles. The molecule has 0 radical (unpaired) electrons. The molecular weight excluding hydrogens is 188 g/mol. The molecule has 78 valence electrons. The van der Waals surface area contributed by atoms with Crippen LogP contribution >= 0.6 is 0 Å². The number of sulfonamides is 1. The minimum absolute atomic E-state index is 0.163. The Hall–Kier alpha value is -0.130. The Morgan fingerprint density at radius 1 is 1.38 bits per heavy atom. The van der Waals surface area contributed by atoms with Crippen LogP contribution in [0.4, 0.5) is 0 Å². The van der Waals surface area contributed by atoms with Gasteiger partial charge in [-0.3, -0.25) is 0 Å². The van der Waals surface area contributed by atoms with E-state index in [0.717, 1.165) is 25.9 Å². The van der Waals surface area contributed by atoms with Gasteiger partial charge in [-0.2, -0.15) is 0 Å². The van der Waals surface area contributed by atoms with E-state index in [1.165, 1.54) is 0 Å². The fraction of sp³-hybridized carbons (Fsp3) is 1.00. The van der Waals surface area contributed by atoms with E-state index in [-0.39, 0.29) is 11.3 Å². The Kier molecular flexibility index (Phi) is 3.32. The first-order chi connectivity index (χ1) is 5.97. The molecule has 0 aromatic heterocycles. The Morgan fingerprint density at radius 2 is 1.92 bits per heavy atom. The molecule has 5 heteroatoms. The molecule has 0 bridgehead atoms. The molecule has 0 amide bonds. The molecule has 1 fully saturated rings. The number of hydrogen-bond donors (Lipinski definition) is 2. The Labute approximate surface area is 80.1 Å². The van der Waals surface area contributed by atoms with Gasteiger partial charge in [0, 0.05) is 5.54 Å². The third-order valence-corrected chi connectivity index (χ3v) is 4.05. The number of nitrogens with one attached hydrogen (secondary N) is 2. The topological polar surface area (TPSA) is 58.2 Å². The van der Waals surface area contributed by atoms with E-state index in [2.05, 4.69) is 10.0 Å². The molecule has 0 atom stereocenters. The van der Waals surface area contributed by atoms with Crippen molar-refractivity contribution in [3.63, 3.8) is 0 Å². The van der Waals surface area contributed by atoms with Crippen molar-refractivity contribution < 1.29 is 8.42 Å². The van der Waals surface area contributed by atoms with Crippen molar-refractivity contribution >= 4 is 10.0 Å². The molecule has 1 saturated heterocycles. The molecule has 4 nitrogen and oxygen atoms in total. The first kappa shape index (κ1) is 10.9. The summed E-state index contributed by atoms with van der Waals surface area (Å²) in [6, 6.07) is 0. The maximum absolute atomic E-state index is 11.3. The lowest BCUT2D eigenvalue weighted by molar-refractivity contribution is 0.308. The minimum atomic E-state index is -3.06. The van der Waals surface area contributed by atoms with E-state index < -0.39 is 10.0 Å². The zero-order valence-corrected chi connectivity index (χ0v) is 9.08. The van der Waals surface area contributed by atoms with Crippen molar-refractivity contribution in [3.8, 4) is 0 Å². The van der Waals surface area contributed by atoms with E-state index in [4.69, 9.17) is 0 Å². The van der Waals surface area contributed by atoms with Crippen molar-refractivity contribution in [1.82, 2.24) is 10.0 Å². The summed E-state index contributed by atoms with van der Waals surface area (Å²) >= 11 is 0. The maximum atomic E-state index is 11.3. The molecule has 1 aliphatic rings. The Balaban J connectivity index is 2.60. The number of rotatable bonds is 3. The second-order valence-electron chi connectivity index (χ2n) is 3.82. The van der Waals surface area contributed by atoms with Gasteiger partial charge in [-0.15, -0.1) is 0 Å². The van der Waals surface area contributed by atoms with Gasteiger partial charge in [-0.1, -0.05) is 0 Å². The normalized spacial score (nSPS) is 22.9. The summed E-state index contributed by atoms with van der Waals surface area (Å²) in [7, 11) is -3.06. The third-order valence-electron chi connectivity index (χ3n) is 2.49. The second-order valence-corrected chi connectivity index (χ2v) is 5.83. The monoisotopic (exact) mass is 206 g/mol. The lowest BCUT2D eigenvalue weighted by atomic mass is 9.92. The van der Waals surface area contributed by atoms with Gasteiger partial charge in [-0.05, 0) is 39.8 Å². The van der Waals surface area contributed by atoms with Crippen LogP contribution in [0, 0.1) is 0 Å². The highest BCUT2D eigenvalue weighted by Gasteiger charge is 2.30. The van der Waals surface area contributed by atoms with Gasteiger partial charge in [0.1, 0.15) is 0 Å². The fourth-order valence-corrected chi connectivity index (χ4v) is 2.63. The summed E-state index contributed by atoms with van der Waals surface area (Å²) in [6.07, 6.45) is 1.73. The predicted octanol–water partition coefficient (Wildman–Crippen LogP) is 0.0678. The number of hydrogen-bond acceptors (Lipinski definition) is 3. The van der Waals surface area contributed by atoms with Gasteiger partial charge in [0.05, 0.1) is 5.75 Å². The van der Waals surface area contributed by atoms with E-state index in [1.807, 2.05) is 6.92 Å². The summed E-state index contributed by atoms with van der Waals surface area (Å²) in [5.41, 5.74) is -0.236. The summed E-state index contributed by atoms with van der Waals surface area (Å²) in [6.45, 7) is 5.42. The van der Waals surface area contributed by atoms with Crippen LogP contribution in [0.15, 0.2) is 0 Å². The molecule has 0 saturated carbocycles. The van der Waals surface area contributed by atoms with Crippen LogP contribution in [-0.4, -0.2) is 32.8 Å². The van der Waals surface area contributed by atoms with Gasteiger partial charge in [0.25, 0.3) is 0 Å². The van der Waals surface area contributed by atoms with Crippen molar-refractivity contribution in [3.05, 3.63) is 0 Å². The van der Waals surface area contributed by atoms with Crippen LogP contribution in [0.2, 0.25) is 0 Å². The van der Waals surface area contributed by atoms with Gasteiger partial charge in [0.2, 0.25) is 10.0 Å². The molecule has 0 unspecified atom stereocenters. The zero-order chi connectivity index (χ0) is 9.95. The minimum Gasteiger partial charge on any atom is -0.317 e. The predicted molar refractivity (Wildman–Crippen MR) is 53.1 cm³/mol. The molecule has 0 aromatic rings. The second kappa shape index (κ2) is 3.94. The van der Waals surface area contributed by atoms with Crippen LogP contribution in [0.1, 0.15) is 26.7 Å². The summed E-state index contributed by atoms with van der Waals surface area (Å²) < 4.78 is 25.4. The highest BCUT2D eigenvalue weighted by atomic mass is 32.2. The average molecular weight is 206 g/mol. The van der Waals surface area contributed by atoms with E-state index in [9.17, 15) is 8.42 Å². The van der Waals surface area contributed by atoms with Crippen molar-refractivity contribution in [2.45, 2.75) is 32.2 Å². The Morgan fingerprint density at radius 3 is 2.38 bits per heavy atom. The molecule has 2 N–H and O–H groups in total. The molecule has 0 aliphatic carbocycles. The molecule has 13 heavy (non-hydrogen) atoms. The van der Waals surface area contributed by atoms with Crippen LogP contribution < -0.4 is 10.0 Å². The summed E-state index contributed by atoms with van der Waals surface area (Å²) in [5.74, 6) is 0.163. The first-order valence-corrected chi connectivity index (χ1v) is 6.35. The maximum Gasteiger partial charge on any atom is 0.211 e. The van der Waals surface area contributed by atoms with Crippen LogP contribution in [-0.2, 0) is 10.0 Å². The summed E-state index contributed by atoms with van der Waals surface area (Å²) in [4.78, 5) is 0. The fourth-order valence-electron chi connectivity index (χ4n) is 1.53. The van der Waals surface area contributed by atoms with Crippen LogP contribution in [0.5, 0.6) is 0 Å². The van der Waals surface area contributed by atoms with Gasteiger partial charge >= 0.3 is 0 Å². The number of piperidine rings is 1. The largest absolute Gasteiger partial charge is 0.317 e. The zero-order valence-electron chi connectivity index (χ0n) is 8.26. The van der Waals surface area contributed by atoms with Crippen LogP contribution in [0.3, 0.4) is 0 Å². The Bertz CT molecular complexity index is 255. The van der Waals surface area contributed by atoms with Gasteiger partial charge < -0.3 is 5.32 Å². The SMILES string of the molecule is CCS(=O)(=O)NC1(C)CCNCC1. The molecule has 0 aromatic carbocycles. The molecule has 1 aliphatic heterocycles. The molecule has 1 rings (SSSR count). The van der Waals surface area contributed by atoms with Gasteiger partial charge in [0.15, 0.2) is 0 Å². The van der Waals surface area contributed by atoms with Crippen molar-refractivity contribution in [1.29, 1.82) is 0 Å². The average Bonchev–Trinajstić information content (AvgIpc) is 2.04. The van der Waals surface area contributed by atoms with Crippen molar-refractivity contribution in [2.75, 3.05) is 18.8 Å². The standard InChI is InChI=1S/C8H18N2O2S/c1-3-13(11,12)10-8(2)4-6-9-7-5-8/h9-10H,3-7H2,1-2H3. The third kappa shape index (κ3) is 3.25. The van der Waals surface area contributed by atoms with E-state index in [1.54, 1.807) is 6.92 Å². The van der Waals surface area contributed by atoms with Crippen molar-refractivity contribution in [2.24, 2.45) is 0 Å². The molecule has 0 spiro atoms. The first-order valence-electron chi connectivity index (χ1n) is 4.70. The highest BCUT2D eigenvalue weighted by Crippen LogP contribution is 2.18.